The van der Waals surface area contributed by atoms with Crippen LogP contribution in [0.1, 0.15) is 43.7 Å². The summed E-state index contributed by atoms with van der Waals surface area (Å²) in [6.07, 6.45) is 2.58. The summed E-state index contributed by atoms with van der Waals surface area (Å²) in [7, 11) is -1.71. The predicted molar refractivity (Wildman–Crippen MR) is 153 cm³/mol. The molecular formula is C30H39N3O7S. The van der Waals surface area contributed by atoms with Crippen molar-refractivity contribution in [1.29, 1.82) is 0 Å². The van der Waals surface area contributed by atoms with Gasteiger partial charge in [-0.05, 0) is 76.0 Å². The third-order valence-corrected chi connectivity index (χ3v) is 9.43. The van der Waals surface area contributed by atoms with Crippen LogP contribution in [0.2, 0.25) is 0 Å². The lowest BCUT2D eigenvalue weighted by atomic mass is 9.97. The normalized spacial score (nSPS) is 19.4. The van der Waals surface area contributed by atoms with Gasteiger partial charge in [0.25, 0.3) is 0 Å². The highest BCUT2D eigenvalue weighted by molar-refractivity contribution is 7.88. The smallest absolute Gasteiger partial charge is 0.328 e. The van der Waals surface area contributed by atoms with E-state index in [4.69, 9.17) is 9.47 Å². The molecule has 2 aliphatic rings. The standard InChI is InChI=1S/C30H39N3O7S/c1-3-39-30(36)26(20-22-11-13-25(14-12-22)40-29(35)24-15-18-32(2)19-16-24)31-28(34)27-10-7-17-33(27)41(37,38)21-23-8-5-4-6-9-23/h4-6,8-9,11-14,24,26-27H,3,7,10,15-21H2,1-2H3,(H,31,34)/t26-,27-/m0/s1. The average molecular weight is 586 g/mol. The molecule has 0 saturated carbocycles. The molecule has 2 saturated heterocycles. The number of likely N-dealkylation sites (tertiary alicyclic amines) is 1. The Balaban J connectivity index is 1.39. The van der Waals surface area contributed by atoms with Crippen molar-refractivity contribution in [3.8, 4) is 5.75 Å². The van der Waals surface area contributed by atoms with Crippen molar-refractivity contribution in [3.63, 3.8) is 0 Å². The molecule has 222 valence electrons. The van der Waals surface area contributed by atoms with E-state index in [1.54, 1.807) is 55.5 Å². The van der Waals surface area contributed by atoms with Crippen molar-refractivity contribution in [2.45, 2.75) is 56.9 Å². The van der Waals surface area contributed by atoms with E-state index < -0.39 is 34.0 Å². The number of nitrogens with zero attached hydrogens (tertiary/aromatic N) is 2. The number of nitrogens with one attached hydrogen (secondary N) is 1. The van der Waals surface area contributed by atoms with E-state index in [1.807, 2.05) is 13.1 Å². The lowest BCUT2D eigenvalue weighted by molar-refractivity contribution is -0.147. The number of carbonyl (C=O) groups is 3. The Hall–Kier alpha value is -3.28. The molecule has 1 N–H and O–H groups in total. The first kappa shape index (κ1) is 30.7. The van der Waals surface area contributed by atoms with Crippen molar-refractivity contribution in [1.82, 2.24) is 14.5 Å². The number of amides is 1. The first-order chi connectivity index (χ1) is 19.7. The van der Waals surface area contributed by atoms with Crippen LogP contribution >= 0.6 is 0 Å². The van der Waals surface area contributed by atoms with Crippen LogP contribution in [0, 0.1) is 5.92 Å². The van der Waals surface area contributed by atoms with Gasteiger partial charge in [0.2, 0.25) is 15.9 Å². The van der Waals surface area contributed by atoms with E-state index in [2.05, 4.69) is 10.2 Å². The topological polar surface area (TPSA) is 122 Å². The fourth-order valence-corrected chi connectivity index (χ4v) is 7.06. The van der Waals surface area contributed by atoms with Gasteiger partial charge in [0, 0.05) is 13.0 Å². The number of sulfonamides is 1. The van der Waals surface area contributed by atoms with Gasteiger partial charge in [-0.15, -0.1) is 0 Å². The molecule has 10 nitrogen and oxygen atoms in total. The highest BCUT2D eigenvalue weighted by Gasteiger charge is 2.40. The molecule has 2 aromatic rings. The maximum atomic E-state index is 13.3. The van der Waals surface area contributed by atoms with Crippen LogP contribution in [0.4, 0.5) is 0 Å². The maximum absolute atomic E-state index is 13.3. The fourth-order valence-electron chi connectivity index (χ4n) is 5.28. The lowest BCUT2D eigenvalue weighted by Gasteiger charge is -2.27. The van der Waals surface area contributed by atoms with Crippen molar-refractivity contribution in [3.05, 3.63) is 65.7 Å². The molecule has 2 atom stereocenters. The van der Waals surface area contributed by atoms with E-state index in [9.17, 15) is 22.8 Å². The van der Waals surface area contributed by atoms with E-state index in [0.717, 1.165) is 31.5 Å². The van der Waals surface area contributed by atoms with Crippen LogP contribution in [0.15, 0.2) is 54.6 Å². The van der Waals surface area contributed by atoms with Gasteiger partial charge in [-0.2, -0.15) is 4.31 Å². The van der Waals surface area contributed by atoms with Crippen LogP contribution in [0.25, 0.3) is 0 Å². The SMILES string of the molecule is CCOC(=O)[C@H](Cc1ccc(OC(=O)C2CCN(C)CC2)cc1)NC(=O)[C@@H]1CCCN1S(=O)(=O)Cc1ccccc1. The molecule has 11 heteroatoms. The zero-order valence-corrected chi connectivity index (χ0v) is 24.5. The summed E-state index contributed by atoms with van der Waals surface area (Å²) in [5.74, 6) is -1.28. The van der Waals surface area contributed by atoms with Crippen molar-refractivity contribution >= 4 is 27.9 Å². The summed E-state index contributed by atoms with van der Waals surface area (Å²) in [6, 6.07) is 13.7. The number of rotatable bonds is 11. The van der Waals surface area contributed by atoms with E-state index in [0.29, 0.717) is 24.2 Å². The maximum Gasteiger partial charge on any atom is 0.328 e. The molecule has 2 aromatic carbocycles. The van der Waals surface area contributed by atoms with Crippen molar-refractivity contribution < 1.29 is 32.3 Å². The minimum atomic E-state index is -3.75. The summed E-state index contributed by atoms with van der Waals surface area (Å²) in [6.45, 7) is 3.78. The molecule has 2 fully saturated rings. The molecule has 0 radical (unpaired) electrons. The van der Waals surface area contributed by atoms with Crippen molar-refractivity contribution in [2.24, 2.45) is 5.92 Å². The fraction of sp³-hybridized carbons (Fsp3) is 0.500. The van der Waals surface area contributed by atoms with Gasteiger partial charge in [0.15, 0.2) is 0 Å². The molecule has 4 rings (SSSR count). The molecule has 2 aliphatic heterocycles. The Labute approximate surface area is 242 Å². The highest BCUT2D eigenvalue weighted by Crippen LogP contribution is 2.25. The zero-order valence-electron chi connectivity index (χ0n) is 23.7. The lowest BCUT2D eigenvalue weighted by Crippen LogP contribution is -2.52. The van der Waals surface area contributed by atoms with Gasteiger partial charge in [-0.1, -0.05) is 42.5 Å². The van der Waals surface area contributed by atoms with Gasteiger partial charge < -0.3 is 19.7 Å². The predicted octanol–water partition coefficient (Wildman–Crippen LogP) is 2.52. The number of carbonyl (C=O) groups excluding carboxylic acids is 3. The van der Waals surface area contributed by atoms with Gasteiger partial charge in [-0.25, -0.2) is 13.2 Å². The monoisotopic (exact) mass is 585 g/mol. The molecule has 0 aromatic heterocycles. The van der Waals surface area contributed by atoms with Crippen LogP contribution in [-0.2, 0) is 41.3 Å². The van der Waals surface area contributed by atoms with Crippen LogP contribution in [-0.4, -0.2) is 80.8 Å². The number of hydrogen-bond acceptors (Lipinski definition) is 8. The Bertz CT molecular complexity index is 1290. The van der Waals surface area contributed by atoms with Crippen LogP contribution in [0.3, 0.4) is 0 Å². The molecule has 2 heterocycles. The van der Waals surface area contributed by atoms with Crippen LogP contribution < -0.4 is 10.1 Å². The second kappa shape index (κ2) is 14.1. The second-order valence-electron chi connectivity index (χ2n) is 10.7. The van der Waals surface area contributed by atoms with Gasteiger partial charge in [-0.3, -0.25) is 9.59 Å². The third kappa shape index (κ3) is 8.37. The summed E-state index contributed by atoms with van der Waals surface area (Å²) in [5, 5.41) is 2.74. The first-order valence-electron chi connectivity index (χ1n) is 14.2. The summed E-state index contributed by atoms with van der Waals surface area (Å²) < 4.78 is 38.4. The molecule has 1 amide bonds. The first-order valence-corrected chi connectivity index (χ1v) is 15.8. The number of esters is 2. The molecule has 0 bridgehead atoms. The van der Waals surface area contributed by atoms with Gasteiger partial charge >= 0.3 is 11.9 Å². The summed E-state index contributed by atoms with van der Waals surface area (Å²) in [5.41, 5.74) is 1.37. The van der Waals surface area contributed by atoms with E-state index in [-0.39, 0.29) is 37.2 Å². The minimum Gasteiger partial charge on any atom is -0.464 e. The Morgan fingerprint density at radius 2 is 1.63 bits per heavy atom. The van der Waals surface area contributed by atoms with Crippen LogP contribution in [0.5, 0.6) is 5.75 Å². The highest BCUT2D eigenvalue weighted by atomic mass is 32.2. The summed E-state index contributed by atoms with van der Waals surface area (Å²) in [4.78, 5) is 40.8. The van der Waals surface area contributed by atoms with Gasteiger partial charge in [0.05, 0.1) is 18.3 Å². The molecule has 41 heavy (non-hydrogen) atoms. The average Bonchev–Trinajstić information content (AvgIpc) is 3.46. The Morgan fingerprint density at radius 3 is 2.29 bits per heavy atom. The largest absolute Gasteiger partial charge is 0.464 e. The molecular weight excluding hydrogens is 546 g/mol. The van der Waals surface area contributed by atoms with E-state index in [1.165, 1.54) is 4.31 Å². The Morgan fingerprint density at radius 1 is 0.951 bits per heavy atom. The van der Waals surface area contributed by atoms with Gasteiger partial charge in [0.1, 0.15) is 17.8 Å². The van der Waals surface area contributed by atoms with Crippen molar-refractivity contribution in [2.75, 3.05) is 33.3 Å². The molecule has 0 spiro atoms. The molecule has 0 unspecified atom stereocenters. The summed E-state index contributed by atoms with van der Waals surface area (Å²) >= 11 is 0. The van der Waals surface area contributed by atoms with E-state index >= 15 is 0 Å². The quantitative estimate of drug-likeness (QED) is 0.315. The minimum absolute atomic E-state index is 0.124. The Kier molecular flexibility index (Phi) is 10.5. The molecule has 0 aliphatic carbocycles. The number of hydrogen-bond donors (Lipinski definition) is 1. The third-order valence-electron chi connectivity index (χ3n) is 7.58. The number of ether oxygens (including phenoxy) is 2. The second-order valence-corrected chi connectivity index (χ2v) is 12.6. The number of piperidine rings is 1. The zero-order chi connectivity index (χ0) is 29.4. The number of benzene rings is 2.